The van der Waals surface area contributed by atoms with Gasteiger partial charge >= 0.3 is 0 Å². The van der Waals surface area contributed by atoms with Crippen LogP contribution in [0.3, 0.4) is 0 Å². The van der Waals surface area contributed by atoms with E-state index < -0.39 is 0 Å². The molecule has 0 bridgehead atoms. The predicted octanol–water partition coefficient (Wildman–Crippen LogP) is 5.85. The van der Waals surface area contributed by atoms with Gasteiger partial charge in [-0.25, -0.2) is 0 Å². The summed E-state index contributed by atoms with van der Waals surface area (Å²) in [6, 6.07) is 13.6. The molecular weight excluding hydrogens is 365 g/mol. The lowest BCUT2D eigenvalue weighted by Gasteiger charge is -2.30. The van der Waals surface area contributed by atoms with Gasteiger partial charge in [-0.2, -0.15) is 0 Å². The lowest BCUT2D eigenvalue weighted by molar-refractivity contribution is -0.737. The number of hydrogen-bond acceptors (Lipinski definition) is 1. The smallest absolute Gasteiger partial charge is 0.128 e. The fraction of sp³-hybridized carbons (Fsp3) is 0.455. The summed E-state index contributed by atoms with van der Waals surface area (Å²) in [6.45, 7) is 12.8. The molecule has 2 rings (SSSR count). The topological polar surface area (TPSA) is 25.8 Å². The van der Waals surface area contributed by atoms with E-state index in [1.165, 1.54) is 0 Å². The van der Waals surface area contributed by atoms with Crippen molar-refractivity contribution in [2.75, 3.05) is 0 Å². The number of nitrogens with two attached hydrogens (primary N) is 1. The average molecular weight is 395 g/mol. The van der Waals surface area contributed by atoms with E-state index in [-0.39, 0.29) is 5.54 Å². The maximum absolute atomic E-state index is 6.22. The Bertz CT molecular complexity index is 718. The highest BCUT2D eigenvalue weighted by Gasteiger charge is 2.28. The van der Waals surface area contributed by atoms with Crippen LogP contribution in [-0.4, -0.2) is 5.54 Å². The zero-order valence-corrected chi connectivity index (χ0v) is 17.9. The fourth-order valence-electron chi connectivity index (χ4n) is 3.42. The molecule has 2 aromatic rings. The van der Waals surface area contributed by atoms with Gasteiger partial charge in [-0.1, -0.05) is 56.1 Å². The van der Waals surface area contributed by atoms with Gasteiger partial charge in [-0.15, -0.1) is 0 Å². The van der Waals surface area contributed by atoms with E-state index in [1.807, 2.05) is 42.5 Å². The zero-order valence-electron chi connectivity index (χ0n) is 16.4. The van der Waals surface area contributed by atoms with Crippen LogP contribution >= 0.6 is 23.2 Å². The van der Waals surface area contributed by atoms with E-state index in [1.54, 1.807) is 0 Å². The molecule has 0 aliphatic heterocycles. The molecule has 0 saturated heterocycles. The Kier molecular flexibility index (Phi) is 7.01. The zero-order chi connectivity index (χ0) is 19.4. The van der Waals surface area contributed by atoms with Crippen LogP contribution in [0.15, 0.2) is 42.5 Å². The normalized spacial score (nSPS) is 12.3. The molecule has 2 nitrogen and oxygen atoms in total. The molecule has 0 radical (unpaired) electrons. The van der Waals surface area contributed by atoms with Crippen molar-refractivity contribution in [3.63, 3.8) is 0 Å². The van der Waals surface area contributed by atoms with Crippen LogP contribution in [-0.2, 0) is 13.2 Å². The van der Waals surface area contributed by atoms with Crippen molar-refractivity contribution in [3.8, 4) is 5.75 Å². The average Bonchev–Trinajstić information content (AvgIpc) is 2.51. The van der Waals surface area contributed by atoms with Crippen molar-refractivity contribution in [2.24, 2.45) is 5.41 Å². The summed E-state index contributed by atoms with van der Waals surface area (Å²) in [5, 5.41) is 3.84. The summed E-state index contributed by atoms with van der Waals surface area (Å²) in [5.41, 5.74) is 2.65. The van der Waals surface area contributed by atoms with E-state index in [0.29, 0.717) is 12.0 Å². The number of benzene rings is 2. The van der Waals surface area contributed by atoms with Gasteiger partial charge in [-0.3, -0.25) is 0 Å². The van der Waals surface area contributed by atoms with Crippen molar-refractivity contribution < 1.29 is 10.1 Å². The van der Waals surface area contributed by atoms with Gasteiger partial charge in [0, 0.05) is 22.0 Å². The van der Waals surface area contributed by atoms with Crippen LogP contribution in [0.2, 0.25) is 10.0 Å². The second-order valence-corrected chi connectivity index (χ2v) is 9.67. The molecule has 0 fully saturated rings. The Balaban J connectivity index is 2.05. The third-order valence-corrected chi connectivity index (χ3v) is 4.68. The van der Waals surface area contributed by atoms with Crippen molar-refractivity contribution in [1.82, 2.24) is 0 Å². The molecule has 0 aromatic heterocycles. The lowest BCUT2D eigenvalue weighted by atomic mass is 9.82. The quantitative estimate of drug-likeness (QED) is 0.625. The van der Waals surface area contributed by atoms with Gasteiger partial charge in [0.25, 0.3) is 0 Å². The summed E-state index contributed by atoms with van der Waals surface area (Å²) in [7, 11) is 0. The van der Waals surface area contributed by atoms with E-state index in [9.17, 15) is 0 Å². The molecule has 0 aliphatic rings. The Morgan fingerprint density at radius 1 is 0.885 bits per heavy atom. The maximum Gasteiger partial charge on any atom is 0.128 e. The number of ether oxygens (including phenoxy) is 1. The molecule has 0 spiro atoms. The molecule has 2 aromatic carbocycles. The van der Waals surface area contributed by atoms with Gasteiger partial charge in [0.15, 0.2) is 0 Å². The van der Waals surface area contributed by atoms with Gasteiger partial charge in [0.05, 0.1) is 5.54 Å². The summed E-state index contributed by atoms with van der Waals surface area (Å²) in [6.07, 6.45) is 1.13. The molecule has 0 atom stereocenters. The summed E-state index contributed by atoms with van der Waals surface area (Å²) >= 11 is 12.2. The minimum Gasteiger partial charge on any atom is -0.488 e. The molecule has 0 heterocycles. The Hall–Kier alpha value is -1.22. The van der Waals surface area contributed by atoms with Crippen LogP contribution in [0.5, 0.6) is 5.75 Å². The third-order valence-electron chi connectivity index (χ3n) is 4.19. The van der Waals surface area contributed by atoms with Crippen molar-refractivity contribution in [2.45, 2.75) is 59.7 Å². The highest BCUT2D eigenvalue weighted by atomic mass is 35.5. The Morgan fingerprint density at radius 3 is 2.12 bits per heavy atom. The first-order valence-corrected chi connectivity index (χ1v) is 9.80. The first kappa shape index (κ1) is 21.1. The molecular formula is C22H30Cl2NO+. The maximum atomic E-state index is 6.22. The standard InChI is InChI=1S/C22H29Cl2NO/c1-21(2,3)15-22(4,5)25-13-17-12-19(24)10-11-20(17)26-14-16-6-8-18(23)9-7-16/h6-12,25H,13-15H2,1-5H3/p+1. The SMILES string of the molecule is CC(C)(C)CC(C)(C)[NH2+]Cc1cc(Cl)ccc1OCc1ccc(Cl)cc1. The van der Waals surface area contributed by atoms with Gasteiger partial charge < -0.3 is 10.1 Å². The minimum atomic E-state index is 0.147. The van der Waals surface area contributed by atoms with Gasteiger partial charge in [0.2, 0.25) is 0 Å². The molecule has 0 aliphatic carbocycles. The number of halogens is 2. The van der Waals surface area contributed by atoms with E-state index >= 15 is 0 Å². The molecule has 0 amide bonds. The lowest BCUT2D eigenvalue weighted by Crippen LogP contribution is -2.94. The minimum absolute atomic E-state index is 0.147. The van der Waals surface area contributed by atoms with Crippen molar-refractivity contribution in [3.05, 3.63) is 63.6 Å². The summed E-state index contributed by atoms with van der Waals surface area (Å²) < 4.78 is 6.06. The first-order chi connectivity index (χ1) is 12.0. The molecule has 26 heavy (non-hydrogen) atoms. The molecule has 4 heteroatoms. The van der Waals surface area contributed by atoms with Crippen molar-refractivity contribution >= 4 is 23.2 Å². The molecule has 2 N–H and O–H groups in total. The summed E-state index contributed by atoms with van der Waals surface area (Å²) in [4.78, 5) is 0. The fourth-order valence-corrected chi connectivity index (χ4v) is 3.74. The van der Waals surface area contributed by atoms with Crippen LogP contribution in [0.1, 0.15) is 52.2 Å². The first-order valence-electron chi connectivity index (χ1n) is 9.04. The second-order valence-electron chi connectivity index (χ2n) is 8.80. The van der Waals surface area contributed by atoms with Crippen LogP contribution in [0.4, 0.5) is 0 Å². The van der Waals surface area contributed by atoms with E-state index in [2.05, 4.69) is 39.9 Å². The molecule has 142 valence electrons. The largest absolute Gasteiger partial charge is 0.488 e. The highest BCUT2D eigenvalue weighted by molar-refractivity contribution is 6.30. The monoisotopic (exact) mass is 394 g/mol. The predicted molar refractivity (Wildman–Crippen MR) is 111 cm³/mol. The van der Waals surface area contributed by atoms with E-state index in [0.717, 1.165) is 39.9 Å². The van der Waals surface area contributed by atoms with Crippen LogP contribution in [0, 0.1) is 5.41 Å². The Morgan fingerprint density at radius 2 is 1.50 bits per heavy atom. The number of rotatable bonds is 7. The number of quaternary nitrogens is 1. The van der Waals surface area contributed by atoms with Crippen LogP contribution < -0.4 is 10.1 Å². The van der Waals surface area contributed by atoms with E-state index in [4.69, 9.17) is 27.9 Å². The van der Waals surface area contributed by atoms with Crippen LogP contribution in [0.25, 0.3) is 0 Å². The van der Waals surface area contributed by atoms with Gasteiger partial charge in [-0.05, 0) is 55.2 Å². The second kappa shape index (κ2) is 8.65. The summed E-state index contributed by atoms with van der Waals surface area (Å²) in [5.74, 6) is 0.882. The van der Waals surface area contributed by atoms with Crippen molar-refractivity contribution in [1.29, 1.82) is 0 Å². The Labute approximate surface area is 167 Å². The number of hydrogen-bond donors (Lipinski definition) is 1. The highest BCUT2D eigenvalue weighted by Crippen LogP contribution is 2.26. The molecule has 0 saturated carbocycles. The molecule has 0 unspecified atom stereocenters. The van der Waals surface area contributed by atoms with Gasteiger partial charge in [0.1, 0.15) is 18.9 Å². The third kappa shape index (κ3) is 7.19.